The van der Waals surface area contributed by atoms with E-state index in [1.165, 1.54) is 24.1 Å². The summed E-state index contributed by atoms with van der Waals surface area (Å²) in [6.45, 7) is 5.94. The Morgan fingerprint density at radius 2 is 2.06 bits per heavy atom. The van der Waals surface area contributed by atoms with Gasteiger partial charge in [0.1, 0.15) is 0 Å². The number of hydrogen-bond acceptors (Lipinski definition) is 4. The van der Waals surface area contributed by atoms with Gasteiger partial charge in [0, 0.05) is 26.3 Å². The van der Waals surface area contributed by atoms with Crippen molar-refractivity contribution in [2.45, 2.75) is 38.5 Å². The van der Waals surface area contributed by atoms with Crippen molar-refractivity contribution in [2.24, 2.45) is 5.73 Å². The molecule has 1 aromatic rings. The van der Waals surface area contributed by atoms with E-state index in [1.807, 2.05) is 18.1 Å². The highest BCUT2D eigenvalue weighted by Crippen LogP contribution is 2.37. The summed E-state index contributed by atoms with van der Waals surface area (Å²) in [5, 5.41) is 0. The minimum absolute atomic E-state index is 0.550. The number of nitrogens with zero attached hydrogens (tertiary/aromatic N) is 3. The topological polar surface area (TPSA) is 55.0 Å². The molecule has 0 fully saturated rings. The molecule has 1 aliphatic rings. The van der Waals surface area contributed by atoms with Gasteiger partial charge in [0.25, 0.3) is 0 Å². The summed E-state index contributed by atoms with van der Waals surface area (Å²) in [7, 11) is 1.99. The second kappa shape index (κ2) is 5.00. The molecule has 0 radical (unpaired) electrons. The van der Waals surface area contributed by atoms with Crippen LogP contribution in [0.5, 0.6) is 0 Å². The summed E-state index contributed by atoms with van der Waals surface area (Å²) in [6, 6.07) is 0. The summed E-state index contributed by atoms with van der Waals surface area (Å²) in [6.07, 6.45) is 4.48. The molecule has 1 aliphatic carbocycles. The second-order valence-electron chi connectivity index (χ2n) is 5.10. The molecule has 2 N–H and O–H groups in total. The van der Waals surface area contributed by atoms with Crippen LogP contribution in [0.3, 0.4) is 0 Å². The van der Waals surface area contributed by atoms with Crippen molar-refractivity contribution in [3.8, 4) is 0 Å². The third-order valence-electron chi connectivity index (χ3n) is 3.67. The normalized spacial score (nSPS) is 23.3. The zero-order valence-corrected chi connectivity index (χ0v) is 11.0. The van der Waals surface area contributed by atoms with Crippen molar-refractivity contribution in [2.75, 3.05) is 25.0 Å². The molecule has 2 unspecified atom stereocenters. The van der Waals surface area contributed by atoms with E-state index in [9.17, 15) is 0 Å². The number of fused-ring (bicyclic) bond motifs is 1. The maximum absolute atomic E-state index is 5.56. The minimum Gasteiger partial charge on any atom is -0.343 e. The lowest BCUT2D eigenvalue weighted by Crippen LogP contribution is -2.27. The van der Waals surface area contributed by atoms with Crippen LogP contribution >= 0.6 is 0 Å². The van der Waals surface area contributed by atoms with Gasteiger partial charge in [-0.3, -0.25) is 0 Å². The lowest BCUT2D eigenvalue weighted by Gasteiger charge is -2.27. The van der Waals surface area contributed by atoms with E-state index in [2.05, 4.69) is 18.8 Å². The Morgan fingerprint density at radius 3 is 2.76 bits per heavy atom. The van der Waals surface area contributed by atoms with Crippen molar-refractivity contribution in [1.82, 2.24) is 9.97 Å². The van der Waals surface area contributed by atoms with Gasteiger partial charge in [0.2, 0.25) is 5.95 Å². The van der Waals surface area contributed by atoms with Gasteiger partial charge in [0.15, 0.2) is 0 Å². The monoisotopic (exact) mass is 234 g/mol. The SMILES string of the molecule is CC1CCC(C)c2nc(N(C)CCN)ncc21. The van der Waals surface area contributed by atoms with Crippen LogP contribution in [0.25, 0.3) is 0 Å². The van der Waals surface area contributed by atoms with Crippen LogP contribution in [0.2, 0.25) is 0 Å². The highest BCUT2D eigenvalue weighted by atomic mass is 15.2. The largest absolute Gasteiger partial charge is 0.343 e. The maximum atomic E-state index is 5.56. The van der Waals surface area contributed by atoms with Crippen molar-refractivity contribution >= 4 is 5.95 Å². The van der Waals surface area contributed by atoms with Crippen LogP contribution in [0.1, 0.15) is 49.8 Å². The van der Waals surface area contributed by atoms with Crippen LogP contribution in [-0.2, 0) is 0 Å². The lowest BCUT2D eigenvalue weighted by molar-refractivity contribution is 0.511. The standard InChI is InChI=1S/C13H22N4/c1-9-4-5-10(2)12-11(9)8-15-13(16-12)17(3)7-6-14/h8-10H,4-7,14H2,1-3H3. The molecule has 1 heterocycles. The lowest BCUT2D eigenvalue weighted by atomic mass is 9.82. The molecule has 4 heteroatoms. The van der Waals surface area contributed by atoms with E-state index in [1.54, 1.807) is 0 Å². The van der Waals surface area contributed by atoms with Crippen molar-refractivity contribution in [3.05, 3.63) is 17.5 Å². The molecule has 2 rings (SSSR count). The summed E-state index contributed by atoms with van der Waals surface area (Å²) in [4.78, 5) is 11.2. The van der Waals surface area contributed by atoms with E-state index in [-0.39, 0.29) is 0 Å². The number of aromatic nitrogens is 2. The van der Waals surface area contributed by atoms with E-state index in [0.717, 1.165) is 12.5 Å². The Hall–Kier alpha value is -1.16. The van der Waals surface area contributed by atoms with Gasteiger partial charge in [-0.25, -0.2) is 9.97 Å². The fourth-order valence-electron chi connectivity index (χ4n) is 2.44. The first-order valence-corrected chi connectivity index (χ1v) is 6.41. The van der Waals surface area contributed by atoms with Gasteiger partial charge < -0.3 is 10.6 Å². The molecule has 4 nitrogen and oxygen atoms in total. The number of anilines is 1. The first-order valence-electron chi connectivity index (χ1n) is 6.41. The zero-order valence-electron chi connectivity index (χ0n) is 11.0. The van der Waals surface area contributed by atoms with Crippen LogP contribution in [-0.4, -0.2) is 30.1 Å². The van der Waals surface area contributed by atoms with Gasteiger partial charge >= 0.3 is 0 Å². The predicted octanol–water partition coefficient (Wildman–Crippen LogP) is 1.87. The predicted molar refractivity (Wildman–Crippen MR) is 70.4 cm³/mol. The molecule has 17 heavy (non-hydrogen) atoms. The van der Waals surface area contributed by atoms with Crippen LogP contribution in [0.15, 0.2) is 6.20 Å². The summed E-state index contributed by atoms with van der Waals surface area (Å²) >= 11 is 0. The average molecular weight is 234 g/mol. The highest BCUT2D eigenvalue weighted by molar-refractivity contribution is 5.36. The van der Waals surface area contributed by atoms with Crippen molar-refractivity contribution in [3.63, 3.8) is 0 Å². The Bertz CT molecular complexity index is 391. The van der Waals surface area contributed by atoms with Crippen molar-refractivity contribution < 1.29 is 0 Å². The molecule has 0 bridgehead atoms. The number of hydrogen-bond donors (Lipinski definition) is 1. The number of nitrogens with two attached hydrogens (primary N) is 1. The molecule has 94 valence electrons. The van der Waals surface area contributed by atoms with Crippen LogP contribution in [0.4, 0.5) is 5.95 Å². The van der Waals surface area contributed by atoms with Crippen LogP contribution in [0, 0.1) is 0 Å². The van der Waals surface area contributed by atoms with Gasteiger partial charge in [0.05, 0.1) is 5.69 Å². The summed E-state index contributed by atoms with van der Waals surface area (Å²) < 4.78 is 0. The molecule has 0 aliphatic heterocycles. The van der Waals surface area contributed by atoms with Crippen LogP contribution < -0.4 is 10.6 Å². The van der Waals surface area contributed by atoms with E-state index >= 15 is 0 Å². The molecule has 1 aromatic heterocycles. The molecular formula is C13H22N4. The first kappa shape index (κ1) is 12.3. The van der Waals surface area contributed by atoms with Gasteiger partial charge in [-0.05, 0) is 30.2 Å². The average Bonchev–Trinajstić information content (AvgIpc) is 2.34. The molecule has 0 saturated carbocycles. The maximum Gasteiger partial charge on any atom is 0.225 e. The Kier molecular flexibility index (Phi) is 3.62. The molecule has 0 saturated heterocycles. The fraction of sp³-hybridized carbons (Fsp3) is 0.692. The summed E-state index contributed by atoms with van der Waals surface area (Å²) in [5.74, 6) is 1.94. The summed E-state index contributed by atoms with van der Waals surface area (Å²) in [5.41, 5.74) is 8.12. The van der Waals surface area contributed by atoms with Gasteiger partial charge in [-0.2, -0.15) is 0 Å². The third kappa shape index (κ3) is 2.41. The zero-order chi connectivity index (χ0) is 12.4. The first-order chi connectivity index (χ1) is 8.13. The minimum atomic E-state index is 0.550. The smallest absolute Gasteiger partial charge is 0.225 e. The van der Waals surface area contributed by atoms with Crippen molar-refractivity contribution in [1.29, 1.82) is 0 Å². The molecule has 2 atom stereocenters. The molecular weight excluding hydrogens is 212 g/mol. The van der Waals surface area contributed by atoms with E-state index < -0.39 is 0 Å². The fourth-order valence-corrected chi connectivity index (χ4v) is 2.44. The molecule has 0 amide bonds. The van der Waals surface area contributed by atoms with E-state index in [4.69, 9.17) is 10.7 Å². The number of likely N-dealkylation sites (N-methyl/N-ethyl adjacent to an activating group) is 1. The molecule has 0 aromatic carbocycles. The highest BCUT2D eigenvalue weighted by Gasteiger charge is 2.24. The quantitative estimate of drug-likeness (QED) is 0.867. The number of rotatable bonds is 3. The Morgan fingerprint density at radius 1 is 1.35 bits per heavy atom. The van der Waals surface area contributed by atoms with E-state index in [0.29, 0.717) is 18.4 Å². The second-order valence-corrected chi connectivity index (χ2v) is 5.10. The Balaban J connectivity index is 2.32. The third-order valence-corrected chi connectivity index (χ3v) is 3.67. The molecule has 0 spiro atoms. The van der Waals surface area contributed by atoms with Gasteiger partial charge in [-0.1, -0.05) is 13.8 Å². The Labute approximate surface area is 103 Å². The van der Waals surface area contributed by atoms with Gasteiger partial charge in [-0.15, -0.1) is 0 Å².